The molecule has 7 rings (SSSR count). The minimum atomic E-state index is -2.36. The molecule has 0 aliphatic heterocycles. The van der Waals surface area contributed by atoms with Crippen molar-refractivity contribution in [2.45, 2.75) is 92.6 Å². The summed E-state index contributed by atoms with van der Waals surface area (Å²) in [4.78, 5) is 15.3. The Labute approximate surface area is 315 Å². The summed E-state index contributed by atoms with van der Waals surface area (Å²) in [5, 5.41) is 4.28. The van der Waals surface area contributed by atoms with Gasteiger partial charge in [0.1, 0.15) is 45.3 Å². The van der Waals surface area contributed by atoms with Crippen molar-refractivity contribution < 1.29 is 13.1 Å². The molecule has 3 heterocycles. The minimum absolute atomic E-state index is 0.0814. The average molecular weight is 725 g/mol. The molecule has 0 aliphatic carbocycles. The highest BCUT2D eigenvalue weighted by Gasteiger charge is 2.30. The third-order valence-electron chi connectivity index (χ3n) is 10.2. The molecule has 4 aromatic carbocycles. The number of hydrogen-bond donors (Lipinski definition) is 0. The number of benzene rings is 4. The molecular formula is C45H53N4OSi2+. The van der Waals surface area contributed by atoms with Crippen molar-refractivity contribution in [2.75, 3.05) is 0 Å². The van der Waals surface area contributed by atoms with Crippen LogP contribution < -0.4 is 15.5 Å². The molecule has 5 nitrogen and oxygen atoms in total. The van der Waals surface area contributed by atoms with Gasteiger partial charge in [-0.05, 0) is 77.0 Å². The summed E-state index contributed by atoms with van der Waals surface area (Å²) in [6.45, 7) is 22.1. The predicted molar refractivity (Wildman–Crippen MR) is 226 cm³/mol. The van der Waals surface area contributed by atoms with Gasteiger partial charge < -0.3 is 4.42 Å². The molecule has 0 atom stereocenters. The van der Waals surface area contributed by atoms with Gasteiger partial charge in [0.2, 0.25) is 5.69 Å². The lowest BCUT2D eigenvalue weighted by Gasteiger charge is -2.24. The lowest BCUT2D eigenvalue weighted by molar-refractivity contribution is -0.660. The fourth-order valence-corrected chi connectivity index (χ4v) is 9.18. The lowest BCUT2D eigenvalue weighted by atomic mass is 9.82. The first kappa shape index (κ1) is 32.2. The van der Waals surface area contributed by atoms with E-state index in [9.17, 15) is 0 Å². The minimum Gasteiger partial charge on any atom is -0.454 e. The lowest BCUT2D eigenvalue weighted by Crippen LogP contribution is -2.52. The summed E-state index contributed by atoms with van der Waals surface area (Å²) < 4.78 is 35.3. The molecule has 266 valence electrons. The Balaban J connectivity index is 1.55. The third-order valence-corrected chi connectivity index (χ3v) is 13.3. The number of nitrogens with zero attached hydrogens (tertiary/aromatic N) is 4. The van der Waals surface area contributed by atoms with Crippen molar-refractivity contribution in [3.63, 3.8) is 0 Å². The highest BCUT2D eigenvalue weighted by molar-refractivity contribution is 6.89. The van der Waals surface area contributed by atoms with Crippen molar-refractivity contribution in [3.05, 3.63) is 95.2 Å². The molecule has 0 saturated carbocycles. The number of hydrogen-bond acceptors (Lipinski definition) is 4. The van der Waals surface area contributed by atoms with Gasteiger partial charge in [0.15, 0.2) is 12.0 Å². The van der Waals surface area contributed by atoms with Gasteiger partial charge in [0.25, 0.3) is 0 Å². The third kappa shape index (κ3) is 6.22. The zero-order chi connectivity index (χ0) is 39.9. The number of furan rings is 1. The Hall–Kier alpha value is -4.47. The van der Waals surface area contributed by atoms with Crippen LogP contribution in [0.1, 0.15) is 65.9 Å². The quantitative estimate of drug-likeness (QED) is 0.121. The number of pyridine rings is 1. The fourth-order valence-electron chi connectivity index (χ4n) is 7.30. The SMILES string of the molecule is [2H]C([2H])([2H])c1c[n+](C)c(-c2c(C)ccc3c2oc2c4ccccc4ccc32)cc1-c1c(C(C)C)cc(-c2nc([Si](C)(C)C)nc([Si](C)(C)C)n2)cc1C(C)C. The monoisotopic (exact) mass is 724 g/mol. The van der Waals surface area contributed by atoms with Crippen molar-refractivity contribution in [1.29, 1.82) is 0 Å². The summed E-state index contributed by atoms with van der Waals surface area (Å²) in [7, 11) is -1.81. The summed E-state index contributed by atoms with van der Waals surface area (Å²) in [5.74, 6) is 0.867. The summed E-state index contributed by atoms with van der Waals surface area (Å²) in [5.41, 5.74) is 11.5. The number of rotatable bonds is 7. The molecule has 52 heavy (non-hydrogen) atoms. The highest BCUT2D eigenvalue weighted by atomic mass is 28.3. The van der Waals surface area contributed by atoms with E-state index in [2.05, 4.69) is 128 Å². The highest BCUT2D eigenvalue weighted by Crippen LogP contribution is 2.43. The molecule has 0 fully saturated rings. The van der Waals surface area contributed by atoms with E-state index in [1.54, 1.807) is 0 Å². The van der Waals surface area contributed by atoms with Crippen molar-refractivity contribution in [3.8, 4) is 33.8 Å². The molecule has 0 unspecified atom stereocenters. The van der Waals surface area contributed by atoms with Gasteiger partial charge in [0, 0.05) is 37.5 Å². The second-order valence-electron chi connectivity index (χ2n) is 17.1. The Kier molecular flexibility index (Phi) is 7.98. The first-order chi connectivity index (χ1) is 25.6. The van der Waals surface area contributed by atoms with E-state index in [0.29, 0.717) is 17.0 Å². The second kappa shape index (κ2) is 12.9. The molecular weight excluding hydrogens is 669 g/mol. The zero-order valence-electron chi connectivity index (χ0n) is 35.8. The van der Waals surface area contributed by atoms with Crippen LogP contribution in [0.25, 0.3) is 66.5 Å². The molecule has 7 heteroatoms. The van der Waals surface area contributed by atoms with E-state index in [1.165, 1.54) is 0 Å². The van der Waals surface area contributed by atoms with Crippen molar-refractivity contribution in [1.82, 2.24) is 15.0 Å². The Morgan fingerprint density at radius 3 is 1.87 bits per heavy atom. The van der Waals surface area contributed by atoms with Gasteiger partial charge in [0.05, 0.1) is 5.56 Å². The van der Waals surface area contributed by atoms with E-state index < -0.39 is 23.0 Å². The molecule has 0 bridgehead atoms. The maximum atomic E-state index is 8.84. The topological polar surface area (TPSA) is 55.7 Å². The molecule has 7 aromatic rings. The van der Waals surface area contributed by atoms with Crippen LogP contribution >= 0.6 is 0 Å². The Bertz CT molecular complexity index is 2590. The van der Waals surface area contributed by atoms with Crippen LogP contribution in [-0.2, 0) is 7.05 Å². The maximum absolute atomic E-state index is 8.84. The largest absolute Gasteiger partial charge is 0.454 e. The van der Waals surface area contributed by atoms with Crippen LogP contribution in [0, 0.1) is 13.8 Å². The standard InChI is InChI=1S/C45H53N4OSi2/c1-26(2)35-22-31(43-46-44(51(8,9)10)48-45(47-43)52(11,12)13)23-36(27(3)4)40(35)37-24-38(49(7)25-29(37)6)39-28(5)18-20-34-33-21-19-30-16-14-15-17-32(30)41(33)50-42(34)39/h14-27H,1-13H3/q+1/i6D3. The molecule has 0 N–H and O–H groups in total. The van der Waals surface area contributed by atoms with Crippen LogP contribution in [0.5, 0.6) is 0 Å². The smallest absolute Gasteiger partial charge is 0.216 e. The van der Waals surface area contributed by atoms with Gasteiger partial charge in [-0.2, -0.15) is 0 Å². The molecule has 0 spiro atoms. The first-order valence-electron chi connectivity index (χ1n) is 20.0. The summed E-state index contributed by atoms with van der Waals surface area (Å²) in [6.07, 6.45) is 1.81. The summed E-state index contributed by atoms with van der Waals surface area (Å²) >= 11 is 0. The Morgan fingerprint density at radius 2 is 1.27 bits per heavy atom. The number of fused-ring (bicyclic) bond motifs is 5. The van der Waals surface area contributed by atoms with Gasteiger partial charge in [-0.15, -0.1) is 0 Å². The number of aromatic nitrogens is 4. The normalized spacial score (nSPS) is 13.8. The average Bonchev–Trinajstić information content (AvgIpc) is 3.49. The van der Waals surface area contributed by atoms with Crippen LogP contribution in [-0.4, -0.2) is 31.1 Å². The van der Waals surface area contributed by atoms with E-state index in [-0.39, 0.29) is 11.8 Å². The zero-order valence-corrected chi connectivity index (χ0v) is 34.8. The number of aryl methyl sites for hydroxylation is 3. The predicted octanol–water partition coefficient (Wildman–Crippen LogP) is 10.7. The van der Waals surface area contributed by atoms with Crippen LogP contribution in [0.4, 0.5) is 0 Å². The fraction of sp³-hybridized carbons (Fsp3) is 0.333. The molecule has 0 aliphatic rings. The second-order valence-corrected chi connectivity index (χ2v) is 27.0. The van der Waals surface area contributed by atoms with E-state index in [4.69, 9.17) is 23.5 Å². The van der Waals surface area contributed by atoms with Crippen molar-refractivity contribution in [2.24, 2.45) is 7.05 Å². The van der Waals surface area contributed by atoms with E-state index in [1.807, 2.05) is 29.9 Å². The van der Waals surface area contributed by atoms with Gasteiger partial charge in [-0.3, -0.25) is 0 Å². The van der Waals surface area contributed by atoms with Crippen LogP contribution in [0.15, 0.2) is 77.3 Å². The van der Waals surface area contributed by atoms with E-state index in [0.717, 1.165) is 82.7 Å². The van der Waals surface area contributed by atoms with E-state index >= 15 is 0 Å². The van der Waals surface area contributed by atoms with Crippen molar-refractivity contribution >= 4 is 59.8 Å². The van der Waals surface area contributed by atoms with Gasteiger partial charge in [-0.25, -0.2) is 19.5 Å². The Morgan fingerprint density at radius 1 is 0.673 bits per heavy atom. The maximum Gasteiger partial charge on any atom is 0.216 e. The molecule has 0 saturated heterocycles. The van der Waals surface area contributed by atoms with Gasteiger partial charge >= 0.3 is 0 Å². The summed E-state index contributed by atoms with van der Waals surface area (Å²) in [6, 6.07) is 23.4. The molecule has 3 aromatic heterocycles. The van der Waals surface area contributed by atoms with Crippen LogP contribution in [0.3, 0.4) is 0 Å². The van der Waals surface area contributed by atoms with Gasteiger partial charge in [-0.1, -0.05) is 109 Å². The molecule has 0 radical (unpaired) electrons. The first-order valence-corrected chi connectivity index (χ1v) is 25.5. The van der Waals surface area contributed by atoms with Crippen LogP contribution in [0.2, 0.25) is 39.3 Å². The molecule has 0 amide bonds.